The van der Waals surface area contributed by atoms with Crippen molar-refractivity contribution in [1.82, 2.24) is 15.1 Å². The van der Waals surface area contributed by atoms with Crippen molar-refractivity contribution in [3.8, 4) is 0 Å². The van der Waals surface area contributed by atoms with Crippen molar-refractivity contribution >= 4 is 12.0 Å². The number of carboxylic acid groups (broad SMARTS) is 1. The average molecular weight is 257 g/mol. The molecule has 1 rings (SSSR count). The molecule has 2 atom stereocenters. The number of piperidine rings is 1. The van der Waals surface area contributed by atoms with Crippen LogP contribution in [-0.4, -0.2) is 66.7 Å². The zero-order chi connectivity index (χ0) is 13.7. The van der Waals surface area contributed by atoms with Crippen LogP contribution in [0.3, 0.4) is 0 Å². The number of rotatable bonds is 4. The lowest BCUT2D eigenvalue weighted by molar-refractivity contribution is -0.143. The third-order valence-corrected chi connectivity index (χ3v) is 3.07. The van der Waals surface area contributed by atoms with E-state index < -0.39 is 11.9 Å². The summed E-state index contributed by atoms with van der Waals surface area (Å²) < 4.78 is 0. The van der Waals surface area contributed by atoms with E-state index in [9.17, 15) is 9.59 Å². The Morgan fingerprint density at radius 2 is 2.17 bits per heavy atom. The largest absolute Gasteiger partial charge is 0.481 e. The van der Waals surface area contributed by atoms with Crippen LogP contribution in [0, 0.1) is 5.92 Å². The Bertz CT molecular complexity index is 307. The minimum absolute atomic E-state index is 0.0534. The van der Waals surface area contributed by atoms with Crippen LogP contribution in [0.1, 0.15) is 19.8 Å². The average Bonchev–Trinajstić information content (AvgIpc) is 2.27. The molecule has 0 aromatic heterocycles. The van der Waals surface area contributed by atoms with E-state index in [-0.39, 0.29) is 12.1 Å². The van der Waals surface area contributed by atoms with Gasteiger partial charge in [0.1, 0.15) is 0 Å². The maximum atomic E-state index is 12.0. The van der Waals surface area contributed by atoms with Crippen molar-refractivity contribution in [2.75, 3.05) is 33.7 Å². The molecule has 2 amide bonds. The van der Waals surface area contributed by atoms with Gasteiger partial charge in [0.15, 0.2) is 0 Å². The highest BCUT2D eigenvalue weighted by Gasteiger charge is 2.28. The Labute approximate surface area is 108 Å². The van der Waals surface area contributed by atoms with E-state index in [0.29, 0.717) is 19.5 Å². The zero-order valence-corrected chi connectivity index (χ0v) is 11.3. The van der Waals surface area contributed by atoms with Gasteiger partial charge in [0.05, 0.1) is 5.92 Å². The highest BCUT2D eigenvalue weighted by atomic mass is 16.4. The number of nitrogens with one attached hydrogen (secondary N) is 1. The first-order valence-electron chi connectivity index (χ1n) is 6.33. The first kappa shape index (κ1) is 14.8. The number of carbonyl (C=O) groups excluding carboxylic acids is 1. The van der Waals surface area contributed by atoms with Crippen molar-refractivity contribution < 1.29 is 14.7 Å². The SMILES string of the molecule is CC(CN(C)C)NC(=O)N1CCC[C@H](C(=O)O)C1. The molecule has 0 aromatic carbocycles. The summed E-state index contributed by atoms with van der Waals surface area (Å²) in [6.07, 6.45) is 1.42. The molecule has 1 fully saturated rings. The normalized spacial score (nSPS) is 21.8. The fraction of sp³-hybridized carbons (Fsp3) is 0.833. The van der Waals surface area contributed by atoms with Crippen LogP contribution in [0.4, 0.5) is 4.79 Å². The molecule has 1 aliphatic heterocycles. The van der Waals surface area contributed by atoms with Crippen LogP contribution in [0.2, 0.25) is 0 Å². The second kappa shape index (κ2) is 6.58. The predicted octanol–water partition coefficient (Wildman–Crippen LogP) is 0.443. The molecule has 1 aliphatic rings. The molecule has 0 radical (unpaired) electrons. The fourth-order valence-corrected chi connectivity index (χ4v) is 2.26. The number of carboxylic acids is 1. The molecule has 0 aromatic rings. The monoisotopic (exact) mass is 257 g/mol. The lowest BCUT2D eigenvalue weighted by Gasteiger charge is -2.32. The maximum Gasteiger partial charge on any atom is 0.317 e. The molecular formula is C12H23N3O3. The number of nitrogens with zero attached hydrogens (tertiary/aromatic N) is 2. The minimum Gasteiger partial charge on any atom is -0.481 e. The summed E-state index contributed by atoms with van der Waals surface area (Å²) in [6.45, 7) is 3.67. The van der Waals surface area contributed by atoms with Gasteiger partial charge in [-0.25, -0.2) is 4.79 Å². The molecular weight excluding hydrogens is 234 g/mol. The molecule has 104 valence electrons. The van der Waals surface area contributed by atoms with Gasteiger partial charge in [-0.05, 0) is 33.9 Å². The van der Waals surface area contributed by atoms with Crippen molar-refractivity contribution in [3.05, 3.63) is 0 Å². The summed E-state index contributed by atoms with van der Waals surface area (Å²) in [5.41, 5.74) is 0. The van der Waals surface area contributed by atoms with Crippen molar-refractivity contribution in [1.29, 1.82) is 0 Å². The quantitative estimate of drug-likeness (QED) is 0.766. The van der Waals surface area contributed by atoms with Crippen LogP contribution in [0.25, 0.3) is 0 Å². The summed E-state index contributed by atoms with van der Waals surface area (Å²) in [6, 6.07) is -0.104. The third kappa shape index (κ3) is 4.52. The summed E-state index contributed by atoms with van der Waals surface area (Å²) in [5, 5.41) is 11.9. The Morgan fingerprint density at radius 3 is 2.72 bits per heavy atom. The number of hydrogen-bond donors (Lipinski definition) is 2. The molecule has 0 aliphatic carbocycles. The van der Waals surface area contributed by atoms with Gasteiger partial charge < -0.3 is 20.2 Å². The van der Waals surface area contributed by atoms with Crippen LogP contribution < -0.4 is 5.32 Å². The Morgan fingerprint density at radius 1 is 1.50 bits per heavy atom. The lowest BCUT2D eigenvalue weighted by atomic mass is 9.99. The van der Waals surface area contributed by atoms with E-state index in [2.05, 4.69) is 5.32 Å². The second-order valence-corrected chi connectivity index (χ2v) is 5.24. The van der Waals surface area contributed by atoms with Crippen LogP contribution in [-0.2, 0) is 4.79 Å². The second-order valence-electron chi connectivity index (χ2n) is 5.24. The molecule has 1 unspecified atom stereocenters. The molecule has 0 spiro atoms. The number of urea groups is 1. The standard InChI is InChI=1S/C12H23N3O3/c1-9(7-14(2)3)13-12(18)15-6-4-5-10(8-15)11(16)17/h9-10H,4-8H2,1-3H3,(H,13,18)(H,16,17)/t9?,10-/m0/s1. The van der Waals surface area contributed by atoms with E-state index in [1.54, 1.807) is 4.90 Å². The van der Waals surface area contributed by atoms with Gasteiger partial charge in [0, 0.05) is 25.7 Å². The lowest BCUT2D eigenvalue weighted by Crippen LogP contribution is -2.50. The topological polar surface area (TPSA) is 72.9 Å². The Kier molecular flexibility index (Phi) is 5.40. The van der Waals surface area contributed by atoms with E-state index in [4.69, 9.17) is 5.11 Å². The van der Waals surface area contributed by atoms with E-state index in [1.807, 2.05) is 25.9 Å². The number of aliphatic carboxylic acids is 1. The minimum atomic E-state index is -0.811. The van der Waals surface area contributed by atoms with E-state index in [0.717, 1.165) is 13.0 Å². The fourth-order valence-electron chi connectivity index (χ4n) is 2.26. The predicted molar refractivity (Wildman–Crippen MR) is 68.5 cm³/mol. The van der Waals surface area contributed by atoms with Gasteiger partial charge >= 0.3 is 12.0 Å². The third-order valence-electron chi connectivity index (χ3n) is 3.07. The number of carbonyl (C=O) groups is 2. The summed E-state index contributed by atoms with van der Waals surface area (Å²) in [5.74, 6) is -1.23. The Balaban J connectivity index is 2.43. The van der Waals surface area contributed by atoms with Gasteiger partial charge in [-0.2, -0.15) is 0 Å². The molecule has 1 heterocycles. The molecule has 0 bridgehead atoms. The number of likely N-dealkylation sites (tertiary alicyclic amines) is 1. The summed E-state index contributed by atoms with van der Waals surface area (Å²) in [4.78, 5) is 26.5. The zero-order valence-electron chi connectivity index (χ0n) is 11.3. The van der Waals surface area contributed by atoms with Crippen LogP contribution >= 0.6 is 0 Å². The van der Waals surface area contributed by atoms with Crippen LogP contribution in [0.5, 0.6) is 0 Å². The molecule has 6 nitrogen and oxygen atoms in total. The molecule has 18 heavy (non-hydrogen) atoms. The Hall–Kier alpha value is -1.30. The van der Waals surface area contributed by atoms with Gasteiger partial charge in [0.2, 0.25) is 0 Å². The van der Waals surface area contributed by atoms with Crippen molar-refractivity contribution in [2.45, 2.75) is 25.8 Å². The highest BCUT2D eigenvalue weighted by molar-refractivity contribution is 5.76. The van der Waals surface area contributed by atoms with Gasteiger partial charge in [-0.1, -0.05) is 0 Å². The number of hydrogen-bond acceptors (Lipinski definition) is 3. The number of likely N-dealkylation sites (N-methyl/N-ethyl adjacent to an activating group) is 1. The van der Waals surface area contributed by atoms with Gasteiger partial charge in [-0.3, -0.25) is 4.79 Å². The molecule has 0 saturated carbocycles. The highest BCUT2D eigenvalue weighted by Crippen LogP contribution is 2.16. The first-order chi connectivity index (χ1) is 8.40. The van der Waals surface area contributed by atoms with Crippen molar-refractivity contribution in [3.63, 3.8) is 0 Å². The molecule has 1 saturated heterocycles. The van der Waals surface area contributed by atoms with Crippen molar-refractivity contribution in [2.24, 2.45) is 5.92 Å². The van der Waals surface area contributed by atoms with Gasteiger partial charge in [0.25, 0.3) is 0 Å². The summed E-state index contributed by atoms with van der Waals surface area (Å²) in [7, 11) is 3.90. The van der Waals surface area contributed by atoms with Gasteiger partial charge in [-0.15, -0.1) is 0 Å². The number of amides is 2. The maximum absolute atomic E-state index is 12.0. The summed E-state index contributed by atoms with van der Waals surface area (Å²) >= 11 is 0. The van der Waals surface area contributed by atoms with Crippen LogP contribution in [0.15, 0.2) is 0 Å². The molecule has 2 N–H and O–H groups in total. The van der Waals surface area contributed by atoms with E-state index >= 15 is 0 Å². The smallest absolute Gasteiger partial charge is 0.317 e. The van der Waals surface area contributed by atoms with E-state index in [1.165, 1.54) is 0 Å². The first-order valence-corrected chi connectivity index (χ1v) is 6.33. The molecule has 6 heteroatoms.